The Morgan fingerprint density at radius 1 is 1.22 bits per heavy atom. The van der Waals surface area contributed by atoms with Crippen LogP contribution in [0.5, 0.6) is 0 Å². The van der Waals surface area contributed by atoms with E-state index in [-0.39, 0.29) is 24.0 Å². The van der Waals surface area contributed by atoms with E-state index in [0.29, 0.717) is 42.7 Å². The van der Waals surface area contributed by atoms with Crippen LogP contribution in [0.2, 0.25) is 0 Å². The number of carbonyl (C=O) groups is 2. The minimum absolute atomic E-state index is 0.0240. The lowest BCUT2D eigenvalue weighted by atomic mass is 10.1. The van der Waals surface area contributed by atoms with Crippen LogP contribution in [0.15, 0.2) is 36.5 Å². The number of hydrogen-bond donors (Lipinski definition) is 1. The van der Waals surface area contributed by atoms with Crippen LogP contribution in [0, 0.1) is 28.6 Å². The molecule has 5 unspecified atom stereocenters. The zero-order valence-corrected chi connectivity index (χ0v) is 21.0. The van der Waals surface area contributed by atoms with Crippen molar-refractivity contribution in [3.8, 4) is 12.1 Å². The smallest absolute Gasteiger partial charge is 0.408 e. The predicted octanol–water partition coefficient (Wildman–Crippen LogP) is 2.74. The number of likely N-dealkylation sites (tertiary alicyclic amines) is 2. The Kier molecular flexibility index (Phi) is 5.92. The van der Waals surface area contributed by atoms with Crippen molar-refractivity contribution in [3.05, 3.63) is 42.1 Å². The maximum atomic E-state index is 13.3. The van der Waals surface area contributed by atoms with Gasteiger partial charge in [-0.15, -0.1) is 0 Å². The molecule has 5 rings (SSSR count). The lowest BCUT2D eigenvalue weighted by Gasteiger charge is -2.38. The Morgan fingerprint density at radius 2 is 1.94 bits per heavy atom. The Balaban J connectivity index is 1.32. The number of nitrogens with zero attached hydrogens (tertiary/aromatic N) is 5. The molecule has 0 radical (unpaired) electrons. The molecule has 1 aliphatic carbocycles. The van der Waals surface area contributed by atoms with Crippen molar-refractivity contribution < 1.29 is 14.3 Å². The topological polar surface area (TPSA) is 113 Å². The summed E-state index contributed by atoms with van der Waals surface area (Å²) in [6, 6.07) is 10.9. The van der Waals surface area contributed by atoms with Crippen molar-refractivity contribution in [1.82, 2.24) is 15.1 Å². The van der Waals surface area contributed by atoms with Crippen LogP contribution in [0.1, 0.15) is 45.6 Å². The summed E-state index contributed by atoms with van der Waals surface area (Å²) in [5, 5.41) is 21.7. The Hall–Kier alpha value is -3.56. The van der Waals surface area contributed by atoms with Gasteiger partial charge in [-0.1, -0.05) is 6.58 Å². The monoisotopic (exact) mass is 488 g/mol. The minimum atomic E-state index is -0.648. The van der Waals surface area contributed by atoms with Gasteiger partial charge in [-0.05, 0) is 70.2 Å². The highest BCUT2D eigenvalue weighted by molar-refractivity contribution is 6.01. The first-order valence-corrected chi connectivity index (χ1v) is 12.5. The average molecular weight is 489 g/mol. The molecule has 3 aliphatic heterocycles. The number of ether oxygens (including phenoxy) is 1. The first-order chi connectivity index (χ1) is 17.1. The van der Waals surface area contributed by atoms with Crippen molar-refractivity contribution in [2.75, 3.05) is 18.0 Å². The van der Waals surface area contributed by atoms with Crippen LogP contribution < -0.4 is 10.2 Å². The van der Waals surface area contributed by atoms with Crippen molar-refractivity contribution in [2.24, 2.45) is 5.92 Å². The van der Waals surface area contributed by atoms with Gasteiger partial charge in [0.05, 0.1) is 35.8 Å². The van der Waals surface area contributed by atoms with Crippen LogP contribution >= 0.6 is 0 Å². The lowest BCUT2D eigenvalue weighted by Crippen LogP contribution is -2.56. The van der Waals surface area contributed by atoms with Crippen LogP contribution in [-0.4, -0.2) is 70.7 Å². The molecule has 9 nitrogen and oxygen atoms in total. The first kappa shape index (κ1) is 24.1. The van der Waals surface area contributed by atoms with Crippen LogP contribution in [0.4, 0.5) is 10.5 Å². The molecule has 0 aromatic heterocycles. The van der Waals surface area contributed by atoms with Crippen molar-refractivity contribution in [1.29, 1.82) is 10.5 Å². The fourth-order valence-corrected chi connectivity index (χ4v) is 5.98. The number of nitrogens with one attached hydrogen (secondary N) is 1. The normalized spacial score (nSPS) is 29.4. The van der Waals surface area contributed by atoms with Crippen LogP contribution in [-0.2, 0) is 9.53 Å². The second-order valence-electron chi connectivity index (χ2n) is 11.3. The molecular formula is C27H32N6O3. The molecule has 2 amide bonds. The van der Waals surface area contributed by atoms with Crippen molar-refractivity contribution in [3.63, 3.8) is 0 Å². The van der Waals surface area contributed by atoms with Gasteiger partial charge in [0.15, 0.2) is 0 Å². The zero-order chi connectivity index (χ0) is 25.8. The van der Waals surface area contributed by atoms with Crippen LogP contribution in [0.3, 0.4) is 0 Å². The maximum Gasteiger partial charge on any atom is 0.408 e. The number of carbonyl (C=O) groups excluding carboxylic acids is 2. The summed E-state index contributed by atoms with van der Waals surface area (Å²) < 4.78 is 5.52. The Labute approximate surface area is 211 Å². The molecule has 0 spiro atoms. The van der Waals surface area contributed by atoms with E-state index in [1.165, 1.54) is 0 Å². The van der Waals surface area contributed by atoms with Gasteiger partial charge in [0.25, 0.3) is 0 Å². The molecule has 1 aromatic rings. The van der Waals surface area contributed by atoms with Gasteiger partial charge in [0, 0.05) is 30.5 Å². The highest BCUT2D eigenvalue weighted by Gasteiger charge is 2.54. The average Bonchev–Trinajstić information content (AvgIpc) is 3.15. The van der Waals surface area contributed by atoms with E-state index in [1.54, 1.807) is 12.1 Å². The van der Waals surface area contributed by atoms with Gasteiger partial charge < -0.3 is 19.9 Å². The van der Waals surface area contributed by atoms with Gasteiger partial charge in [0.1, 0.15) is 11.6 Å². The first-order valence-electron chi connectivity index (χ1n) is 12.5. The number of fused-ring (bicyclic) bond motifs is 3. The fraction of sp³-hybridized carbons (Fsp3) is 0.556. The molecule has 3 heterocycles. The summed E-state index contributed by atoms with van der Waals surface area (Å²) in [5.74, 6) is 0.537. The van der Waals surface area contributed by atoms with Crippen LogP contribution in [0.25, 0.3) is 0 Å². The Bertz CT molecular complexity index is 1160. The highest BCUT2D eigenvalue weighted by atomic mass is 16.6. The largest absolute Gasteiger partial charge is 0.444 e. The number of piperazine rings is 1. The molecule has 1 N–H and O–H groups in total. The molecule has 4 aliphatic rings. The quantitative estimate of drug-likeness (QED) is 0.655. The van der Waals surface area contributed by atoms with Gasteiger partial charge in [-0.3, -0.25) is 9.69 Å². The molecule has 1 aromatic carbocycles. The van der Waals surface area contributed by atoms with Crippen molar-refractivity contribution in [2.45, 2.75) is 75.8 Å². The fourth-order valence-electron chi connectivity index (χ4n) is 5.98. The summed E-state index contributed by atoms with van der Waals surface area (Å²) in [7, 11) is 0. The van der Waals surface area contributed by atoms with E-state index in [9.17, 15) is 14.9 Å². The summed E-state index contributed by atoms with van der Waals surface area (Å²) in [6.07, 6.45) is 2.04. The standard InChI is InChI=1S/C27H32N6O3/c1-16(32-20(13-29)9-18-10-23(18)32)22(30-26(35)36-27(2,3)4)15-31-14-21-11-24(31)25(34)33(21)19-7-5-17(12-28)6-8-19/h5-8,18,20-24H,1,9-11,14-15H2,2-4H3,(H,30,35)/t18?,20?,21-,22?,23?,24?/m0/s1. The second-order valence-corrected chi connectivity index (χ2v) is 11.3. The minimum Gasteiger partial charge on any atom is -0.444 e. The molecule has 36 heavy (non-hydrogen) atoms. The van der Waals surface area contributed by atoms with E-state index in [0.717, 1.165) is 18.5 Å². The molecule has 9 heteroatoms. The number of amides is 2. The molecule has 1 saturated carbocycles. The third kappa shape index (κ3) is 4.40. The lowest BCUT2D eigenvalue weighted by molar-refractivity contribution is -0.122. The highest BCUT2D eigenvalue weighted by Crippen LogP contribution is 2.49. The van der Waals surface area contributed by atoms with E-state index >= 15 is 0 Å². The predicted molar refractivity (Wildman–Crippen MR) is 132 cm³/mol. The third-order valence-electron chi connectivity index (χ3n) is 7.64. The Morgan fingerprint density at radius 3 is 2.56 bits per heavy atom. The number of alkyl carbamates (subject to hydrolysis) is 1. The second kappa shape index (κ2) is 8.83. The summed E-state index contributed by atoms with van der Waals surface area (Å²) in [5.41, 5.74) is 1.41. The molecule has 2 bridgehead atoms. The van der Waals surface area contributed by atoms with E-state index < -0.39 is 17.7 Å². The zero-order valence-electron chi connectivity index (χ0n) is 21.0. The summed E-state index contributed by atoms with van der Waals surface area (Å²) >= 11 is 0. The number of nitriles is 2. The number of hydrogen-bond acceptors (Lipinski definition) is 7. The maximum absolute atomic E-state index is 13.3. The third-order valence-corrected chi connectivity index (χ3v) is 7.64. The molecule has 4 fully saturated rings. The van der Waals surface area contributed by atoms with Gasteiger partial charge in [-0.2, -0.15) is 10.5 Å². The molecule has 6 atom stereocenters. The number of rotatable bonds is 6. The van der Waals surface area contributed by atoms with Crippen molar-refractivity contribution >= 4 is 17.7 Å². The molecule has 3 saturated heterocycles. The summed E-state index contributed by atoms with van der Waals surface area (Å²) in [6.45, 7) is 10.8. The number of piperidine rings is 1. The van der Waals surface area contributed by atoms with Gasteiger partial charge in [0.2, 0.25) is 5.91 Å². The van der Waals surface area contributed by atoms with Gasteiger partial charge in [-0.25, -0.2) is 4.79 Å². The van der Waals surface area contributed by atoms with E-state index in [2.05, 4.69) is 33.8 Å². The summed E-state index contributed by atoms with van der Waals surface area (Å²) in [4.78, 5) is 32.1. The number of benzene rings is 1. The SMILES string of the molecule is C=C(C(CN1C[C@@H]2CC1C(=O)N2c1ccc(C#N)cc1)NC(=O)OC(C)(C)C)N1C(C#N)CC2CC21. The molecule has 188 valence electrons. The van der Waals surface area contributed by atoms with E-state index in [1.807, 2.05) is 37.8 Å². The number of anilines is 1. The van der Waals surface area contributed by atoms with E-state index in [4.69, 9.17) is 10.00 Å². The molecular weight excluding hydrogens is 456 g/mol. The van der Waals surface area contributed by atoms with Gasteiger partial charge >= 0.3 is 6.09 Å².